The maximum atomic E-state index is 3.69. The molecule has 1 saturated carbocycles. The Morgan fingerprint density at radius 3 is 2.89 bits per heavy atom. The summed E-state index contributed by atoms with van der Waals surface area (Å²) in [5, 5.41) is 7.30. The zero-order chi connectivity index (χ0) is 12.4. The van der Waals surface area contributed by atoms with Gasteiger partial charge in [0.2, 0.25) is 0 Å². The molecule has 2 aliphatic rings. The minimum Gasteiger partial charge on any atom is -0.380 e. The summed E-state index contributed by atoms with van der Waals surface area (Å²) in [5.41, 5.74) is 3.47. The summed E-state index contributed by atoms with van der Waals surface area (Å²) in [4.78, 5) is 0. The Morgan fingerprint density at radius 1 is 1.33 bits per heavy atom. The first-order valence-corrected chi connectivity index (χ1v) is 7.36. The highest BCUT2D eigenvalue weighted by Gasteiger charge is 2.40. The second kappa shape index (κ2) is 4.93. The molecule has 0 spiro atoms. The van der Waals surface area contributed by atoms with Crippen molar-refractivity contribution in [1.82, 2.24) is 5.32 Å². The van der Waals surface area contributed by atoms with Gasteiger partial charge >= 0.3 is 0 Å². The van der Waals surface area contributed by atoms with Gasteiger partial charge in [0.05, 0.1) is 0 Å². The molecule has 2 N–H and O–H groups in total. The van der Waals surface area contributed by atoms with E-state index in [2.05, 4.69) is 41.8 Å². The zero-order valence-electron chi connectivity index (χ0n) is 11.3. The largest absolute Gasteiger partial charge is 0.380 e. The number of benzene rings is 1. The van der Waals surface area contributed by atoms with Crippen molar-refractivity contribution in [2.75, 3.05) is 18.4 Å². The quantitative estimate of drug-likeness (QED) is 0.803. The molecule has 1 fully saturated rings. The number of para-hydroxylation sites is 1. The van der Waals surface area contributed by atoms with Gasteiger partial charge in [0.1, 0.15) is 0 Å². The summed E-state index contributed by atoms with van der Waals surface area (Å²) in [6.07, 6.45) is 6.77. The van der Waals surface area contributed by atoms with Gasteiger partial charge < -0.3 is 10.6 Å². The summed E-state index contributed by atoms with van der Waals surface area (Å²) in [6, 6.07) is 9.26. The van der Waals surface area contributed by atoms with E-state index in [1.807, 2.05) is 0 Å². The number of hydrogen-bond donors (Lipinski definition) is 2. The SMILES string of the molecule is CCCC1(CNCC2Cc3ccccc3N2)CC1. The summed E-state index contributed by atoms with van der Waals surface area (Å²) in [7, 11) is 0. The van der Waals surface area contributed by atoms with Crippen LogP contribution in [-0.2, 0) is 6.42 Å². The lowest BCUT2D eigenvalue weighted by molar-refractivity contribution is 0.416. The number of rotatable bonds is 6. The fourth-order valence-electron chi connectivity index (χ4n) is 3.23. The molecule has 0 amide bonds. The highest BCUT2D eigenvalue weighted by atomic mass is 15.0. The van der Waals surface area contributed by atoms with Crippen LogP contribution < -0.4 is 10.6 Å². The van der Waals surface area contributed by atoms with Crippen molar-refractivity contribution in [3.8, 4) is 0 Å². The number of nitrogens with one attached hydrogen (secondary N) is 2. The lowest BCUT2D eigenvalue weighted by atomic mass is 10.0. The van der Waals surface area contributed by atoms with E-state index in [0.29, 0.717) is 11.5 Å². The van der Waals surface area contributed by atoms with Crippen LogP contribution in [0.5, 0.6) is 0 Å². The van der Waals surface area contributed by atoms with Gasteiger partial charge in [-0.05, 0) is 42.7 Å². The average Bonchev–Trinajstić information content (AvgIpc) is 3.01. The van der Waals surface area contributed by atoms with E-state index in [9.17, 15) is 0 Å². The summed E-state index contributed by atoms with van der Waals surface area (Å²) >= 11 is 0. The molecule has 1 aromatic rings. The molecule has 3 rings (SSSR count). The molecular weight excluding hydrogens is 220 g/mol. The molecule has 0 radical (unpaired) electrons. The molecule has 2 heteroatoms. The monoisotopic (exact) mass is 244 g/mol. The van der Waals surface area contributed by atoms with E-state index in [1.165, 1.54) is 49.9 Å². The standard InChI is InChI=1S/C16H24N2/c1-2-7-16(8-9-16)12-17-11-14-10-13-5-3-4-6-15(13)18-14/h3-6,14,17-18H,2,7-12H2,1H3. The fourth-order valence-corrected chi connectivity index (χ4v) is 3.23. The molecule has 1 aromatic carbocycles. The van der Waals surface area contributed by atoms with Crippen LogP contribution in [0.25, 0.3) is 0 Å². The van der Waals surface area contributed by atoms with Gasteiger partial charge in [0.25, 0.3) is 0 Å². The van der Waals surface area contributed by atoms with Gasteiger partial charge in [-0.1, -0.05) is 31.5 Å². The van der Waals surface area contributed by atoms with E-state index in [-0.39, 0.29) is 0 Å². The molecule has 1 heterocycles. The predicted octanol–water partition coefficient (Wildman–Crippen LogP) is 3.19. The molecule has 1 atom stereocenters. The van der Waals surface area contributed by atoms with Gasteiger partial charge in [-0.2, -0.15) is 0 Å². The van der Waals surface area contributed by atoms with Gasteiger partial charge in [0.15, 0.2) is 0 Å². The van der Waals surface area contributed by atoms with Crippen molar-refractivity contribution in [2.24, 2.45) is 5.41 Å². The van der Waals surface area contributed by atoms with Gasteiger partial charge in [0, 0.05) is 24.8 Å². The van der Waals surface area contributed by atoms with Crippen LogP contribution in [0.3, 0.4) is 0 Å². The maximum Gasteiger partial charge on any atom is 0.0427 e. The number of fused-ring (bicyclic) bond motifs is 1. The van der Waals surface area contributed by atoms with Crippen LogP contribution in [0.4, 0.5) is 5.69 Å². The Morgan fingerprint density at radius 2 is 2.17 bits per heavy atom. The summed E-state index contributed by atoms with van der Waals surface area (Å²) in [5.74, 6) is 0. The molecule has 98 valence electrons. The molecule has 2 nitrogen and oxygen atoms in total. The lowest BCUT2D eigenvalue weighted by Crippen LogP contribution is -2.34. The molecule has 1 aliphatic carbocycles. The second-order valence-corrected chi connectivity index (χ2v) is 6.08. The van der Waals surface area contributed by atoms with Crippen LogP contribution in [0.2, 0.25) is 0 Å². The molecule has 1 aliphatic heterocycles. The van der Waals surface area contributed by atoms with E-state index in [4.69, 9.17) is 0 Å². The van der Waals surface area contributed by atoms with E-state index < -0.39 is 0 Å². The third-order valence-corrected chi connectivity index (χ3v) is 4.47. The van der Waals surface area contributed by atoms with Crippen LogP contribution >= 0.6 is 0 Å². The Balaban J connectivity index is 1.44. The van der Waals surface area contributed by atoms with Crippen molar-refractivity contribution in [1.29, 1.82) is 0 Å². The first-order chi connectivity index (χ1) is 8.81. The molecule has 0 saturated heterocycles. The van der Waals surface area contributed by atoms with Crippen LogP contribution in [-0.4, -0.2) is 19.1 Å². The van der Waals surface area contributed by atoms with Crippen LogP contribution in [0, 0.1) is 5.41 Å². The molecule has 0 bridgehead atoms. The topological polar surface area (TPSA) is 24.1 Å². The summed E-state index contributed by atoms with van der Waals surface area (Å²) < 4.78 is 0. The Labute approximate surface area is 110 Å². The minimum atomic E-state index is 0.583. The zero-order valence-corrected chi connectivity index (χ0v) is 11.3. The van der Waals surface area contributed by atoms with Crippen LogP contribution in [0.15, 0.2) is 24.3 Å². The van der Waals surface area contributed by atoms with Crippen molar-refractivity contribution in [3.63, 3.8) is 0 Å². The third kappa shape index (κ3) is 2.54. The van der Waals surface area contributed by atoms with Crippen LogP contribution in [0.1, 0.15) is 38.2 Å². The van der Waals surface area contributed by atoms with Crippen molar-refractivity contribution in [2.45, 2.75) is 45.1 Å². The number of anilines is 1. The average molecular weight is 244 g/mol. The van der Waals surface area contributed by atoms with Gasteiger partial charge in [-0.25, -0.2) is 0 Å². The van der Waals surface area contributed by atoms with Gasteiger partial charge in [-0.3, -0.25) is 0 Å². The molecular formula is C16H24N2. The Bertz CT molecular complexity index is 384. The third-order valence-electron chi connectivity index (χ3n) is 4.47. The molecule has 0 aromatic heterocycles. The highest BCUT2D eigenvalue weighted by molar-refractivity contribution is 5.56. The van der Waals surface area contributed by atoms with E-state index in [1.54, 1.807) is 0 Å². The molecule has 1 unspecified atom stereocenters. The Hall–Kier alpha value is -1.02. The first-order valence-electron chi connectivity index (χ1n) is 7.36. The van der Waals surface area contributed by atoms with Crippen molar-refractivity contribution in [3.05, 3.63) is 29.8 Å². The smallest absolute Gasteiger partial charge is 0.0427 e. The number of hydrogen-bond acceptors (Lipinski definition) is 2. The lowest BCUT2D eigenvalue weighted by Gasteiger charge is -2.17. The highest BCUT2D eigenvalue weighted by Crippen LogP contribution is 2.48. The normalized spacial score (nSPS) is 23.5. The first kappa shape index (κ1) is 12.0. The summed E-state index contributed by atoms with van der Waals surface area (Å²) in [6.45, 7) is 4.62. The maximum absolute atomic E-state index is 3.69. The Kier molecular flexibility index (Phi) is 3.29. The van der Waals surface area contributed by atoms with E-state index >= 15 is 0 Å². The van der Waals surface area contributed by atoms with Crippen molar-refractivity contribution < 1.29 is 0 Å². The minimum absolute atomic E-state index is 0.583. The predicted molar refractivity (Wildman–Crippen MR) is 77.0 cm³/mol. The van der Waals surface area contributed by atoms with E-state index in [0.717, 1.165) is 6.54 Å². The molecule has 18 heavy (non-hydrogen) atoms. The second-order valence-electron chi connectivity index (χ2n) is 6.08. The van der Waals surface area contributed by atoms with Crippen molar-refractivity contribution >= 4 is 5.69 Å². The fraction of sp³-hybridized carbons (Fsp3) is 0.625. The van der Waals surface area contributed by atoms with Gasteiger partial charge in [-0.15, -0.1) is 0 Å².